The molecule has 0 radical (unpaired) electrons. The number of aryl methyl sites for hydroxylation is 1. The number of carbonyl (C=O) groups is 1. The van der Waals surface area contributed by atoms with E-state index in [2.05, 4.69) is 35.1 Å². The maximum Gasteiger partial charge on any atom is 0.403 e. The molecular formula is C29H31F3N8O2. The van der Waals surface area contributed by atoms with Crippen molar-refractivity contribution in [1.29, 1.82) is 0 Å². The van der Waals surface area contributed by atoms with Gasteiger partial charge in [-0.2, -0.15) is 13.2 Å². The van der Waals surface area contributed by atoms with Gasteiger partial charge in [0, 0.05) is 44.0 Å². The van der Waals surface area contributed by atoms with Crippen LogP contribution in [0.2, 0.25) is 0 Å². The van der Waals surface area contributed by atoms with Gasteiger partial charge in [0.25, 0.3) is 0 Å². The highest BCUT2D eigenvalue weighted by Crippen LogP contribution is 2.58. The second kappa shape index (κ2) is 10.5. The van der Waals surface area contributed by atoms with Gasteiger partial charge < -0.3 is 19.9 Å². The lowest BCUT2D eigenvalue weighted by Crippen LogP contribution is -2.53. The molecule has 3 aromatic heterocycles. The smallest absolute Gasteiger partial charge is 0.403 e. The molecule has 220 valence electrons. The van der Waals surface area contributed by atoms with Crippen LogP contribution in [-0.2, 0) is 4.79 Å². The number of imidazole rings is 1. The highest BCUT2D eigenvalue weighted by Gasteiger charge is 2.69. The molecule has 6 rings (SSSR count). The number of hydrogen-bond acceptors (Lipinski definition) is 8. The maximum absolute atomic E-state index is 13.4. The van der Waals surface area contributed by atoms with E-state index >= 15 is 0 Å². The van der Waals surface area contributed by atoms with Gasteiger partial charge in [-0.1, -0.05) is 6.07 Å². The number of fused-ring (bicyclic) bond motifs is 1. The molecule has 1 saturated heterocycles. The number of H-pyrrole nitrogens is 1. The number of aromatic nitrogens is 5. The number of aromatic amines is 1. The number of carbonyl (C=O) groups excluding carboxylic acids is 1. The van der Waals surface area contributed by atoms with Crippen molar-refractivity contribution in [2.24, 2.45) is 5.41 Å². The number of methoxy groups -OCH3 is 1. The predicted molar refractivity (Wildman–Crippen MR) is 150 cm³/mol. The first kappa shape index (κ1) is 27.9. The van der Waals surface area contributed by atoms with Crippen LogP contribution < -0.4 is 10.1 Å². The molecule has 42 heavy (non-hydrogen) atoms. The SMILES string of the molecule is COc1c(C)ncnc1-c1ccc2nc(Nc3cc(C(C)N4CCN(C(=O)C5(C(F)(F)F)CC5)CC4)ccn3)[nH]c2c1. The van der Waals surface area contributed by atoms with E-state index in [1.165, 1.54) is 11.2 Å². The van der Waals surface area contributed by atoms with Crippen LogP contribution in [-0.4, -0.2) is 80.1 Å². The summed E-state index contributed by atoms with van der Waals surface area (Å²) in [7, 11) is 1.59. The van der Waals surface area contributed by atoms with Crippen molar-refractivity contribution in [1.82, 2.24) is 34.7 Å². The van der Waals surface area contributed by atoms with Gasteiger partial charge in [-0.05, 0) is 56.5 Å². The average Bonchev–Trinajstić information content (AvgIpc) is 3.72. The minimum Gasteiger partial charge on any atom is -0.493 e. The first-order chi connectivity index (χ1) is 20.1. The Kier molecular flexibility index (Phi) is 7.00. The minimum absolute atomic E-state index is 0.0205. The van der Waals surface area contributed by atoms with Crippen molar-refractivity contribution in [3.63, 3.8) is 0 Å². The largest absolute Gasteiger partial charge is 0.493 e. The van der Waals surface area contributed by atoms with E-state index in [1.807, 2.05) is 44.2 Å². The Labute approximate surface area is 240 Å². The molecule has 1 aliphatic carbocycles. The molecular weight excluding hydrogens is 549 g/mol. The zero-order valence-corrected chi connectivity index (χ0v) is 23.5. The van der Waals surface area contributed by atoms with Gasteiger partial charge in [-0.15, -0.1) is 0 Å². The van der Waals surface area contributed by atoms with Crippen molar-refractivity contribution < 1.29 is 22.7 Å². The summed E-state index contributed by atoms with van der Waals surface area (Å²) in [6.45, 7) is 5.45. The Balaban J connectivity index is 1.13. The number of benzene rings is 1. The molecule has 1 atom stereocenters. The van der Waals surface area contributed by atoms with E-state index in [1.54, 1.807) is 13.3 Å². The van der Waals surface area contributed by atoms with E-state index in [9.17, 15) is 18.0 Å². The van der Waals surface area contributed by atoms with Crippen LogP contribution >= 0.6 is 0 Å². The van der Waals surface area contributed by atoms with Crippen LogP contribution in [0.5, 0.6) is 5.75 Å². The molecule has 1 unspecified atom stereocenters. The number of anilines is 2. The summed E-state index contributed by atoms with van der Waals surface area (Å²) in [4.78, 5) is 37.1. The molecule has 0 spiro atoms. The second-order valence-electron chi connectivity index (χ2n) is 10.8. The second-order valence-corrected chi connectivity index (χ2v) is 10.8. The number of amides is 1. The summed E-state index contributed by atoms with van der Waals surface area (Å²) in [6, 6.07) is 9.61. The van der Waals surface area contributed by atoms with Crippen LogP contribution in [0.1, 0.15) is 37.1 Å². The molecule has 4 aromatic rings. The average molecular weight is 581 g/mol. The van der Waals surface area contributed by atoms with E-state index in [0.29, 0.717) is 36.3 Å². The number of pyridine rings is 1. The molecule has 1 saturated carbocycles. The van der Waals surface area contributed by atoms with Crippen LogP contribution in [0, 0.1) is 12.3 Å². The van der Waals surface area contributed by atoms with Gasteiger partial charge >= 0.3 is 6.18 Å². The van der Waals surface area contributed by atoms with Gasteiger partial charge in [0.15, 0.2) is 5.75 Å². The number of piperazine rings is 1. The molecule has 1 amide bonds. The summed E-state index contributed by atoms with van der Waals surface area (Å²) < 4.78 is 45.8. The molecule has 1 aliphatic heterocycles. The molecule has 13 heteroatoms. The summed E-state index contributed by atoms with van der Waals surface area (Å²) in [5, 5.41) is 3.24. The van der Waals surface area contributed by atoms with Crippen LogP contribution in [0.4, 0.5) is 24.9 Å². The fourth-order valence-electron chi connectivity index (χ4n) is 5.59. The third-order valence-electron chi connectivity index (χ3n) is 8.31. The van der Waals surface area contributed by atoms with E-state index in [-0.39, 0.29) is 32.0 Å². The summed E-state index contributed by atoms with van der Waals surface area (Å²) >= 11 is 0. The van der Waals surface area contributed by atoms with Crippen molar-refractivity contribution in [2.45, 2.75) is 38.9 Å². The predicted octanol–water partition coefficient (Wildman–Crippen LogP) is 5.02. The lowest BCUT2D eigenvalue weighted by molar-refractivity contribution is -0.199. The van der Waals surface area contributed by atoms with Crippen LogP contribution in [0.25, 0.3) is 22.3 Å². The molecule has 2 aliphatic rings. The van der Waals surface area contributed by atoms with Gasteiger partial charge in [0.2, 0.25) is 11.9 Å². The maximum atomic E-state index is 13.4. The summed E-state index contributed by atoms with van der Waals surface area (Å²) in [6.07, 6.45) is -1.49. The van der Waals surface area contributed by atoms with Crippen molar-refractivity contribution in [2.75, 3.05) is 38.6 Å². The topological polar surface area (TPSA) is 112 Å². The van der Waals surface area contributed by atoms with Gasteiger partial charge in [0.1, 0.15) is 23.3 Å². The highest BCUT2D eigenvalue weighted by atomic mass is 19.4. The van der Waals surface area contributed by atoms with Gasteiger partial charge in [-0.3, -0.25) is 9.69 Å². The first-order valence-electron chi connectivity index (χ1n) is 13.8. The zero-order chi connectivity index (χ0) is 29.6. The number of hydrogen-bond donors (Lipinski definition) is 2. The first-order valence-corrected chi connectivity index (χ1v) is 13.8. The normalized spacial score (nSPS) is 17.7. The Hall–Kier alpha value is -4.26. The minimum atomic E-state index is -4.49. The molecule has 2 N–H and O–H groups in total. The number of nitrogens with one attached hydrogen (secondary N) is 2. The number of nitrogens with zero attached hydrogens (tertiary/aromatic N) is 6. The van der Waals surface area contributed by atoms with E-state index in [0.717, 1.165) is 27.9 Å². The Bertz CT molecular complexity index is 1630. The number of alkyl halides is 3. The van der Waals surface area contributed by atoms with Crippen LogP contribution in [0.15, 0.2) is 42.9 Å². The van der Waals surface area contributed by atoms with Gasteiger partial charge in [-0.25, -0.2) is 19.9 Å². The Morgan fingerprint density at radius 2 is 1.86 bits per heavy atom. The molecule has 10 nitrogen and oxygen atoms in total. The number of halogens is 3. The summed E-state index contributed by atoms with van der Waals surface area (Å²) in [5.41, 5.74) is 2.71. The third-order valence-corrected chi connectivity index (χ3v) is 8.31. The zero-order valence-electron chi connectivity index (χ0n) is 23.5. The fraction of sp³-hybridized carbons (Fsp3) is 0.414. The van der Waals surface area contributed by atoms with E-state index in [4.69, 9.17) is 4.74 Å². The number of ether oxygens (including phenoxy) is 1. The lowest BCUT2D eigenvalue weighted by Gasteiger charge is -2.39. The van der Waals surface area contributed by atoms with E-state index < -0.39 is 17.5 Å². The Morgan fingerprint density at radius 1 is 1.10 bits per heavy atom. The van der Waals surface area contributed by atoms with Crippen molar-refractivity contribution in [3.05, 3.63) is 54.1 Å². The molecule has 0 bridgehead atoms. The van der Waals surface area contributed by atoms with Gasteiger partial charge in [0.05, 0.1) is 23.8 Å². The highest BCUT2D eigenvalue weighted by molar-refractivity contribution is 5.86. The van der Waals surface area contributed by atoms with Crippen molar-refractivity contribution >= 4 is 28.7 Å². The fourth-order valence-corrected chi connectivity index (χ4v) is 5.59. The molecule has 2 fully saturated rings. The lowest BCUT2D eigenvalue weighted by atomic mass is 10.0. The summed E-state index contributed by atoms with van der Waals surface area (Å²) in [5.74, 6) is 0.963. The van der Waals surface area contributed by atoms with Crippen LogP contribution in [0.3, 0.4) is 0 Å². The molecule has 4 heterocycles. The Morgan fingerprint density at radius 3 is 2.55 bits per heavy atom. The van der Waals surface area contributed by atoms with Crippen molar-refractivity contribution in [3.8, 4) is 17.0 Å². The third kappa shape index (κ3) is 5.02. The molecule has 1 aromatic carbocycles. The quantitative estimate of drug-likeness (QED) is 0.313. The number of rotatable bonds is 7. The monoisotopic (exact) mass is 580 g/mol. The standard InChI is InChI=1S/C29H31F3N8O2/c1-17-25(42-3)24(35-16-34-17)20-4-5-21-22(14-20)37-27(36-21)38-23-15-19(6-9-33-23)18(2)39-10-12-40(13-11-39)26(41)28(7-8-28)29(30,31)32/h4-6,9,14-16,18H,7-8,10-13H2,1-3H3,(H2,33,36,37,38).